The second-order valence-electron chi connectivity index (χ2n) is 7.18. The number of nitrogens with one attached hydrogen (secondary N) is 2. The van der Waals surface area contributed by atoms with Crippen molar-refractivity contribution in [3.8, 4) is 0 Å². The summed E-state index contributed by atoms with van der Waals surface area (Å²) in [5.41, 5.74) is 4.15. The van der Waals surface area contributed by atoms with Gasteiger partial charge in [-0.3, -0.25) is 14.6 Å². The normalized spacial score (nSPS) is 10.6. The molecule has 4 rings (SSSR count). The van der Waals surface area contributed by atoms with Crippen molar-refractivity contribution in [2.45, 2.75) is 20.4 Å². The van der Waals surface area contributed by atoms with Crippen molar-refractivity contribution < 1.29 is 14.0 Å². The number of hydrogen-bond acceptors (Lipinski definition) is 4. The number of benzene rings is 1. The fourth-order valence-electron chi connectivity index (χ4n) is 3.38. The lowest BCUT2D eigenvalue weighted by molar-refractivity contribution is 0.101. The highest BCUT2D eigenvalue weighted by Crippen LogP contribution is 2.20. The largest absolute Gasteiger partial charge is 0.467 e. The number of hydrogen-bond donors (Lipinski definition) is 2. The summed E-state index contributed by atoms with van der Waals surface area (Å²) < 4.78 is 7.46. The first-order valence-electron chi connectivity index (χ1n) is 9.83. The maximum atomic E-state index is 12.8. The highest BCUT2D eigenvalue weighted by atomic mass is 16.3. The molecule has 1 aromatic carbocycles. The Kier molecular flexibility index (Phi) is 5.66. The molecule has 7 nitrogen and oxygen atoms in total. The first-order chi connectivity index (χ1) is 15.0. The monoisotopic (exact) mass is 414 g/mol. The number of rotatable bonds is 6. The standard InChI is InChI=1S/C24H22N4O3/c1-16-13-22(17(2)28(16)15-21-6-4-12-31-21)24(30)26-19-9-7-18(8-10-19)23(29)27-20-5-3-11-25-14-20/h3-14H,15H2,1-2H3,(H,26,30)(H,27,29). The Balaban J connectivity index is 1.43. The van der Waals surface area contributed by atoms with Crippen molar-refractivity contribution in [2.75, 3.05) is 10.6 Å². The lowest BCUT2D eigenvalue weighted by Crippen LogP contribution is -2.14. The number of carbonyl (C=O) groups is 2. The van der Waals surface area contributed by atoms with Gasteiger partial charge in [-0.2, -0.15) is 0 Å². The van der Waals surface area contributed by atoms with Crippen LogP contribution < -0.4 is 10.6 Å². The minimum atomic E-state index is -0.243. The lowest BCUT2D eigenvalue weighted by atomic mass is 10.1. The summed E-state index contributed by atoms with van der Waals surface area (Å²) in [7, 11) is 0. The van der Waals surface area contributed by atoms with Gasteiger partial charge in [0.1, 0.15) is 5.76 Å². The topological polar surface area (TPSA) is 89.2 Å². The Bertz CT molecular complexity index is 1190. The highest BCUT2D eigenvalue weighted by molar-refractivity contribution is 6.06. The van der Waals surface area contributed by atoms with Crippen LogP contribution in [0.15, 0.2) is 77.7 Å². The van der Waals surface area contributed by atoms with Crippen molar-refractivity contribution in [1.29, 1.82) is 0 Å². The van der Waals surface area contributed by atoms with Gasteiger partial charge in [0.25, 0.3) is 11.8 Å². The number of pyridine rings is 1. The third kappa shape index (κ3) is 4.56. The van der Waals surface area contributed by atoms with Crippen molar-refractivity contribution in [3.63, 3.8) is 0 Å². The zero-order valence-corrected chi connectivity index (χ0v) is 17.3. The molecule has 0 aliphatic carbocycles. The maximum absolute atomic E-state index is 12.8. The smallest absolute Gasteiger partial charge is 0.257 e. The minimum Gasteiger partial charge on any atom is -0.467 e. The van der Waals surface area contributed by atoms with Gasteiger partial charge in [0, 0.05) is 28.8 Å². The van der Waals surface area contributed by atoms with Gasteiger partial charge in [0.15, 0.2) is 0 Å². The Morgan fingerprint density at radius 3 is 2.42 bits per heavy atom. The van der Waals surface area contributed by atoms with Crippen molar-refractivity contribution in [1.82, 2.24) is 9.55 Å². The molecule has 0 aliphatic heterocycles. The molecule has 4 aromatic rings. The summed E-state index contributed by atoms with van der Waals surface area (Å²) in [6.45, 7) is 4.44. The number of carbonyl (C=O) groups excluding carboxylic acids is 2. The molecule has 0 unspecified atom stereocenters. The van der Waals surface area contributed by atoms with Crippen molar-refractivity contribution in [2.24, 2.45) is 0 Å². The molecule has 2 N–H and O–H groups in total. The predicted octanol–water partition coefficient (Wildman–Crippen LogP) is 4.65. The average molecular weight is 414 g/mol. The average Bonchev–Trinajstić information content (AvgIpc) is 3.39. The molecule has 0 radical (unpaired) electrons. The van der Waals surface area contributed by atoms with Crippen molar-refractivity contribution >= 4 is 23.2 Å². The van der Waals surface area contributed by atoms with Gasteiger partial charge in [-0.15, -0.1) is 0 Å². The molecule has 7 heteroatoms. The number of aromatic nitrogens is 2. The Hall–Kier alpha value is -4.13. The number of aryl methyl sites for hydroxylation is 1. The first kappa shape index (κ1) is 20.2. The van der Waals surface area contributed by atoms with E-state index in [2.05, 4.69) is 15.6 Å². The predicted molar refractivity (Wildman–Crippen MR) is 118 cm³/mol. The van der Waals surface area contributed by atoms with Crippen LogP contribution in [0.2, 0.25) is 0 Å². The summed E-state index contributed by atoms with van der Waals surface area (Å²) in [4.78, 5) is 29.1. The van der Waals surface area contributed by atoms with E-state index in [1.54, 1.807) is 55.1 Å². The fourth-order valence-corrected chi connectivity index (χ4v) is 3.38. The van der Waals surface area contributed by atoms with Gasteiger partial charge in [0.05, 0.1) is 30.3 Å². The SMILES string of the molecule is Cc1cc(C(=O)Nc2ccc(C(=O)Nc3cccnc3)cc2)c(C)n1Cc1ccco1. The number of amides is 2. The minimum absolute atomic E-state index is 0.202. The Labute approximate surface area is 179 Å². The summed E-state index contributed by atoms with van der Waals surface area (Å²) in [6, 6.07) is 15.9. The van der Waals surface area contributed by atoms with Crippen LogP contribution in [-0.4, -0.2) is 21.4 Å². The number of anilines is 2. The molecule has 0 saturated carbocycles. The summed E-state index contributed by atoms with van der Waals surface area (Å²) >= 11 is 0. The molecule has 0 atom stereocenters. The molecule has 0 fully saturated rings. The summed E-state index contributed by atoms with van der Waals surface area (Å²) in [6.07, 6.45) is 4.86. The number of furan rings is 1. The molecule has 3 heterocycles. The molecule has 156 valence electrons. The van der Waals surface area contributed by atoms with Gasteiger partial charge in [0.2, 0.25) is 0 Å². The first-order valence-corrected chi connectivity index (χ1v) is 9.83. The van der Waals surface area contributed by atoms with Gasteiger partial charge in [-0.05, 0) is 68.4 Å². The zero-order valence-electron chi connectivity index (χ0n) is 17.3. The van der Waals surface area contributed by atoms with E-state index in [1.807, 2.05) is 36.6 Å². The van der Waals surface area contributed by atoms with E-state index < -0.39 is 0 Å². The second-order valence-corrected chi connectivity index (χ2v) is 7.18. The quantitative estimate of drug-likeness (QED) is 0.481. The third-order valence-electron chi connectivity index (χ3n) is 5.04. The van der Waals surface area contributed by atoms with Crippen LogP contribution in [-0.2, 0) is 6.54 Å². The third-order valence-corrected chi connectivity index (χ3v) is 5.04. The van der Waals surface area contributed by atoms with E-state index in [1.165, 1.54) is 0 Å². The molecule has 0 saturated heterocycles. The molecule has 0 bridgehead atoms. The highest BCUT2D eigenvalue weighted by Gasteiger charge is 2.17. The van der Waals surface area contributed by atoms with Gasteiger partial charge < -0.3 is 19.6 Å². The van der Waals surface area contributed by atoms with E-state index in [0.29, 0.717) is 29.0 Å². The molecule has 3 aromatic heterocycles. The maximum Gasteiger partial charge on any atom is 0.257 e. The van der Waals surface area contributed by atoms with Crippen LogP contribution in [0.4, 0.5) is 11.4 Å². The van der Waals surface area contributed by atoms with Crippen LogP contribution in [0.1, 0.15) is 37.9 Å². The van der Waals surface area contributed by atoms with Gasteiger partial charge in [-0.25, -0.2) is 0 Å². The molecule has 2 amide bonds. The van der Waals surface area contributed by atoms with E-state index in [4.69, 9.17) is 4.42 Å². The molecule has 0 aliphatic rings. The second kappa shape index (κ2) is 8.71. The fraction of sp³-hybridized carbons (Fsp3) is 0.125. The van der Waals surface area contributed by atoms with E-state index in [0.717, 1.165) is 17.1 Å². The number of nitrogens with zero attached hydrogens (tertiary/aromatic N) is 2. The van der Waals surface area contributed by atoms with Crippen molar-refractivity contribution in [3.05, 3.63) is 102 Å². The molecule has 0 spiro atoms. The molecule has 31 heavy (non-hydrogen) atoms. The molecular formula is C24H22N4O3. The molecular weight excluding hydrogens is 392 g/mol. The van der Waals surface area contributed by atoms with E-state index in [-0.39, 0.29) is 11.8 Å². The van der Waals surface area contributed by atoms with Gasteiger partial charge in [-0.1, -0.05) is 0 Å². The van der Waals surface area contributed by atoms with Crippen LogP contribution in [0.5, 0.6) is 0 Å². The van der Waals surface area contributed by atoms with Gasteiger partial charge >= 0.3 is 0 Å². The Morgan fingerprint density at radius 2 is 1.74 bits per heavy atom. The lowest BCUT2D eigenvalue weighted by Gasteiger charge is -2.09. The van der Waals surface area contributed by atoms with Crippen LogP contribution in [0, 0.1) is 13.8 Å². The Morgan fingerprint density at radius 1 is 0.968 bits per heavy atom. The van der Waals surface area contributed by atoms with E-state index in [9.17, 15) is 9.59 Å². The summed E-state index contributed by atoms with van der Waals surface area (Å²) in [5, 5.41) is 5.68. The van der Waals surface area contributed by atoms with E-state index >= 15 is 0 Å². The van der Waals surface area contributed by atoms with Crippen LogP contribution in [0.3, 0.4) is 0 Å². The van der Waals surface area contributed by atoms with Crippen LogP contribution in [0.25, 0.3) is 0 Å². The summed E-state index contributed by atoms with van der Waals surface area (Å²) in [5.74, 6) is 0.382. The van der Waals surface area contributed by atoms with Crippen LogP contribution >= 0.6 is 0 Å². The zero-order chi connectivity index (χ0) is 21.8.